The van der Waals surface area contributed by atoms with Gasteiger partial charge in [0.25, 0.3) is 0 Å². The van der Waals surface area contributed by atoms with Crippen molar-refractivity contribution < 1.29 is 12.6 Å². The summed E-state index contributed by atoms with van der Waals surface area (Å²) in [5, 5.41) is 3.20. The zero-order valence-corrected chi connectivity index (χ0v) is 16.3. The quantitative estimate of drug-likeness (QED) is 0.811. The Labute approximate surface area is 160 Å². The third kappa shape index (κ3) is 3.12. The van der Waals surface area contributed by atoms with Crippen molar-refractivity contribution in [3.8, 4) is 0 Å². The molecule has 0 bridgehead atoms. The molecule has 3 aliphatic heterocycles. The largest absolute Gasteiger partial charge is 0.364 e. The third-order valence-corrected chi connectivity index (χ3v) is 8.64. The van der Waals surface area contributed by atoms with E-state index in [1.54, 1.807) is 0 Å². The number of fused-ring (bicyclic) bond motifs is 1. The molecular weight excluding hydrogens is 384 g/mol. The average Bonchev–Trinajstić information content (AvgIpc) is 2.94. The van der Waals surface area contributed by atoms with E-state index in [1.807, 2.05) is 18.2 Å². The SMILES string of the molecule is O=S1CCc2nc(N3CC(c4ccccc4)C3)nc(NC3CS(=O)(=O)C3)c21. The topological polar surface area (TPSA) is 92.3 Å². The highest BCUT2D eigenvalue weighted by atomic mass is 32.2. The molecular formula is C18H20N4O3S2. The van der Waals surface area contributed by atoms with Gasteiger partial charge in [-0.25, -0.2) is 13.4 Å². The Morgan fingerprint density at radius 3 is 2.56 bits per heavy atom. The van der Waals surface area contributed by atoms with E-state index >= 15 is 0 Å². The Bertz CT molecular complexity index is 1010. The maximum atomic E-state index is 12.4. The van der Waals surface area contributed by atoms with E-state index in [-0.39, 0.29) is 17.5 Å². The summed E-state index contributed by atoms with van der Waals surface area (Å²) in [4.78, 5) is 12.1. The highest BCUT2D eigenvalue weighted by Gasteiger charge is 2.37. The maximum absolute atomic E-state index is 12.4. The molecule has 1 atom stereocenters. The second-order valence-corrected chi connectivity index (χ2v) is 11.0. The number of nitrogens with zero attached hydrogens (tertiary/aromatic N) is 3. The van der Waals surface area contributed by atoms with Crippen molar-refractivity contribution in [2.24, 2.45) is 0 Å². The molecule has 2 fully saturated rings. The van der Waals surface area contributed by atoms with Crippen molar-refractivity contribution in [1.29, 1.82) is 0 Å². The number of rotatable bonds is 4. The van der Waals surface area contributed by atoms with Gasteiger partial charge in [0.1, 0.15) is 10.7 Å². The van der Waals surface area contributed by atoms with Gasteiger partial charge in [-0.3, -0.25) is 4.21 Å². The first-order valence-corrected chi connectivity index (χ1v) is 12.2. The molecule has 1 aromatic carbocycles. The monoisotopic (exact) mass is 404 g/mol. The summed E-state index contributed by atoms with van der Waals surface area (Å²) in [6, 6.07) is 10.2. The van der Waals surface area contributed by atoms with E-state index in [9.17, 15) is 12.6 Å². The Morgan fingerprint density at radius 2 is 1.85 bits per heavy atom. The minimum Gasteiger partial charge on any atom is -0.364 e. The normalized spacial score (nSPS) is 24.1. The van der Waals surface area contributed by atoms with Crippen molar-refractivity contribution in [2.45, 2.75) is 23.3 Å². The van der Waals surface area contributed by atoms with E-state index < -0.39 is 20.6 Å². The van der Waals surface area contributed by atoms with E-state index in [4.69, 9.17) is 0 Å². The van der Waals surface area contributed by atoms with Crippen LogP contribution in [0.1, 0.15) is 17.2 Å². The predicted octanol–water partition coefficient (Wildman–Crippen LogP) is 0.953. The molecule has 0 amide bonds. The summed E-state index contributed by atoms with van der Waals surface area (Å²) in [6.45, 7) is 1.70. The van der Waals surface area contributed by atoms with Crippen LogP contribution < -0.4 is 10.2 Å². The van der Waals surface area contributed by atoms with Crippen molar-refractivity contribution in [3.05, 3.63) is 41.6 Å². The summed E-state index contributed by atoms with van der Waals surface area (Å²) in [7, 11) is -4.05. The highest BCUT2D eigenvalue weighted by Crippen LogP contribution is 2.35. The molecule has 0 aliphatic carbocycles. The molecule has 1 aromatic heterocycles. The Kier molecular flexibility index (Phi) is 3.98. The van der Waals surface area contributed by atoms with E-state index in [0.29, 0.717) is 34.8 Å². The first-order chi connectivity index (χ1) is 13.0. The van der Waals surface area contributed by atoms with Gasteiger partial charge < -0.3 is 10.2 Å². The minimum atomic E-state index is -2.93. The lowest BCUT2D eigenvalue weighted by molar-refractivity contribution is 0.512. The highest BCUT2D eigenvalue weighted by molar-refractivity contribution is 7.92. The average molecular weight is 405 g/mol. The van der Waals surface area contributed by atoms with E-state index in [1.165, 1.54) is 5.56 Å². The number of nitrogens with one attached hydrogen (secondary N) is 1. The van der Waals surface area contributed by atoms with Gasteiger partial charge >= 0.3 is 0 Å². The Morgan fingerprint density at radius 1 is 1.11 bits per heavy atom. The second-order valence-electron chi connectivity index (χ2n) is 7.38. The Hall–Kier alpha value is -2.00. The van der Waals surface area contributed by atoms with Gasteiger partial charge in [-0.05, 0) is 5.56 Å². The van der Waals surface area contributed by atoms with Crippen LogP contribution in [0.3, 0.4) is 0 Å². The van der Waals surface area contributed by atoms with Crippen LogP contribution in [0.2, 0.25) is 0 Å². The first kappa shape index (κ1) is 17.1. The zero-order chi connectivity index (χ0) is 18.6. The number of sulfone groups is 1. The zero-order valence-electron chi connectivity index (χ0n) is 14.7. The molecule has 4 heterocycles. The number of aromatic nitrogens is 2. The van der Waals surface area contributed by atoms with Crippen LogP contribution in [0, 0.1) is 0 Å². The summed E-state index contributed by atoms with van der Waals surface area (Å²) >= 11 is 0. The van der Waals surface area contributed by atoms with Gasteiger partial charge in [-0.1, -0.05) is 30.3 Å². The third-order valence-electron chi connectivity index (χ3n) is 5.36. The van der Waals surface area contributed by atoms with Crippen molar-refractivity contribution in [2.75, 3.05) is 40.6 Å². The lowest BCUT2D eigenvalue weighted by Crippen LogP contribution is -2.47. The Balaban J connectivity index is 1.38. The lowest BCUT2D eigenvalue weighted by Gasteiger charge is -2.40. The molecule has 0 saturated carbocycles. The molecule has 2 aromatic rings. The first-order valence-electron chi connectivity index (χ1n) is 9.05. The van der Waals surface area contributed by atoms with Crippen LogP contribution in [0.15, 0.2) is 35.2 Å². The van der Waals surface area contributed by atoms with Crippen LogP contribution in [-0.4, -0.2) is 59.0 Å². The second kappa shape index (κ2) is 6.27. The fourth-order valence-electron chi connectivity index (χ4n) is 3.84. The number of hydrogen-bond acceptors (Lipinski definition) is 7. The van der Waals surface area contributed by atoms with E-state index in [0.717, 1.165) is 18.8 Å². The molecule has 2 saturated heterocycles. The molecule has 1 unspecified atom stereocenters. The fourth-order valence-corrected chi connectivity index (χ4v) is 6.45. The number of benzene rings is 1. The molecule has 9 heteroatoms. The van der Waals surface area contributed by atoms with Gasteiger partial charge in [0, 0.05) is 31.2 Å². The summed E-state index contributed by atoms with van der Waals surface area (Å²) in [5.74, 6) is 2.42. The summed E-state index contributed by atoms with van der Waals surface area (Å²) < 4.78 is 35.3. The summed E-state index contributed by atoms with van der Waals surface area (Å²) in [5.41, 5.74) is 2.14. The molecule has 0 spiro atoms. The van der Waals surface area contributed by atoms with Crippen molar-refractivity contribution in [3.63, 3.8) is 0 Å². The lowest BCUT2D eigenvalue weighted by atomic mass is 9.92. The molecule has 3 aliphatic rings. The van der Waals surface area contributed by atoms with Gasteiger partial charge in [0.15, 0.2) is 9.84 Å². The van der Waals surface area contributed by atoms with Crippen LogP contribution >= 0.6 is 0 Å². The molecule has 142 valence electrons. The van der Waals surface area contributed by atoms with Crippen LogP contribution in [0.5, 0.6) is 0 Å². The predicted molar refractivity (Wildman–Crippen MR) is 104 cm³/mol. The van der Waals surface area contributed by atoms with Crippen LogP contribution in [-0.2, 0) is 27.1 Å². The molecule has 7 nitrogen and oxygen atoms in total. The molecule has 1 N–H and O–H groups in total. The number of hydrogen-bond donors (Lipinski definition) is 1. The van der Waals surface area contributed by atoms with E-state index in [2.05, 4.69) is 32.3 Å². The molecule has 0 radical (unpaired) electrons. The van der Waals surface area contributed by atoms with Gasteiger partial charge in [-0.15, -0.1) is 0 Å². The van der Waals surface area contributed by atoms with Crippen LogP contribution in [0.25, 0.3) is 0 Å². The van der Waals surface area contributed by atoms with Crippen LogP contribution in [0.4, 0.5) is 11.8 Å². The maximum Gasteiger partial charge on any atom is 0.227 e. The number of anilines is 2. The number of aryl methyl sites for hydroxylation is 1. The molecule has 5 rings (SSSR count). The van der Waals surface area contributed by atoms with Gasteiger partial charge in [0.05, 0.1) is 34.0 Å². The van der Waals surface area contributed by atoms with Crippen molar-refractivity contribution in [1.82, 2.24) is 9.97 Å². The fraction of sp³-hybridized carbons (Fsp3) is 0.444. The minimum absolute atomic E-state index is 0.105. The molecule has 27 heavy (non-hydrogen) atoms. The smallest absolute Gasteiger partial charge is 0.227 e. The van der Waals surface area contributed by atoms with Gasteiger partial charge in [0.2, 0.25) is 5.95 Å². The van der Waals surface area contributed by atoms with Gasteiger partial charge in [-0.2, -0.15) is 4.98 Å². The standard InChI is InChI=1S/C18H20N4O3S2/c23-26-7-6-15-16(26)17(19-14-10-27(24,25)11-14)21-18(20-15)22-8-13(9-22)12-4-2-1-3-5-12/h1-5,13-14H,6-11H2,(H,19,20,21). The summed E-state index contributed by atoms with van der Waals surface area (Å²) in [6.07, 6.45) is 0.672. The van der Waals surface area contributed by atoms with Crippen molar-refractivity contribution >= 4 is 32.4 Å².